The summed E-state index contributed by atoms with van der Waals surface area (Å²) in [7, 11) is 0. The summed E-state index contributed by atoms with van der Waals surface area (Å²) in [5.74, 6) is -5.07. The monoisotopic (exact) mass is 606 g/mol. The molecule has 1 fully saturated rings. The van der Waals surface area contributed by atoms with Crippen LogP contribution in [0.25, 0.3) is 0 Å². The van der Waals surface area contributed by atoms with Gasteiger partial charge in [0.25, 0.3) is 0 Å². The van der Waals surface area contributed by atoms with Gasteiger partial charge in [-0.15, -0.1) is 6.58 Å². The van der Waals surface area contributed by atoms with E-state index < -0.39 is 53.8 Å². The minimum Gasteiger partial charge on any atom is -0.342 e. The van der Waals surface area contributed by atoms with Crippen molar-refractivity contribution in [2.24, 2.45) is 0 Å². The van der Waals surface area contributed by atoms with E-state index >= 15 is 0 Å². The van der Waals surface area contributed by atoms with E-state index in [-0.39, 0.29) is 13.0 Å². The molecule has 1 unspecified atom stereocenters. The molecule has 44 heavy (non-hydrogen) atoms. The van der Waals surface area contributed by atoms with Crippen molar-refractivity contribution in [1.82, 2.24) is 15.5 Å². The number of hydrogen-bond donors (Lipinski definition) is 3. The van der Waals surface area contributed by atoms with E-state index in [0.29, 0.717) is 29.7 Å². The Morgan fingerprint density at radius 1 is 0.886 bits per heavy atom. The van der Waals surface area contributed by atoms with Crippen molar-refractivity contribution in [2.45, 2.75) is 49.5 Å². The van der Waals surface area contributed by atoms with E-state index in [1.54, 1.807) is 96.3 Å². The van der Waals surface area contributed by atoms with E-state index in [1.807, 2.05) is 0 Å². The summed E-state index contributed by atoms with van der Waals surface area (Å²) in [6.45, 7) is 4.09. The van der Waals surface area contributed by atoms with Gasteiger partial charge in [-0.2, -0.15) is 13.2 Å². The molecule has 11 heteroatoms. The van der Waals surface area contributed by atoms with Gasteiger partial charge in [0.15, 0.2) is 0 Å². The fraction of sp³-hybridized carbons (Fsp3) is 0.273. The highest BCUT2D eigenvalue weighted by Gasteiger charge is 2.43. The maximum Gasteiger partial charge on any atom is 0.471 e. The van der Waals surface area contributed by atoms with Gasteiger partial charge in [-0.25, -0.2) is 0 Å². The number of anilines is 1. The van der Waals surface area contributed by atoms with Crippen LogP contribution in [0.2, 0.25) is 0 Å². The van der Waals surface area contributed by atoms with Gasteiger partial charge in [-0.3, -0.25) is 19.2 Å². The highest BCUT2D eigenvalue weighted by atomic mass is 19.4. The van der Waals surface area contributed by atoms with Crippen molar-refractivity contribution in [3.05, 3.63) is 115 Å². The third kappa shape index (κ3) is 8.12. The van der Waals surface area contributed by atoms with Crippen LogP contribution >= 0.6 is 0 Å². The summed E-state index contributed by atoms with van der Waals surface area (Å²) in [5.41, 5.74) is 1.67. The molecule has 3 aromatic rings. The van der Waals surface area contributed by atoms with Crippen molar-refractivity contribution in [2.75, 3.05) is 11.9 Å². The zero-order chi connectivity index (χ0) is 31.7. The molecule has 1 saturated heterocycles. The lowest BCUT2D eigenvalue weighted by molar-refractivity contribution is -0.174. The fourth-order valence-corrected chi connectivity index (χ4v) is 5.23. The number of nitrogens with zero attached hydrogens (tertiary/aromatic N) is 1. The molecular formula is C33H33F3N4O4. The molecule has 8 nitrogen and oxygen atoms in total. The Balaban J connectivity index is 1.64. The van der Waals surface area contributed by atoms with E-state index in [9.17, 15) is 32.3 Å². The predicted octanol–water partition coefficient (Wildman–Crippen LogP) is 4.36. The third-order valence-corrected chi connectivity index (χ3v) is 7.40. The largest absolute Gasteiger partial charge is 0.471 e. The second kappa shape index (κ2) is 14.5. The molecule has 3 N–H and O–H groups in total. The molecule has 4 rings (SSSR count). The van der Waals surface area contributed by atoms with Gasteiger partial charge in [0.2, 0.25) is 17.7 Å². The van der Waals surface area contributed by atoms with Gasteiger partial charge in [-0.05, 0) is 36.1 Å². The molecule has 0 saturated carbocycles. The van der Waals surface area contributed by atoms with E-state index in [4.69, 9.17) is 0 Å². The number of halogens is 3. The smallest absolute Gasteiger partial charge is 0.342 e. The average molecular weight is 607 g/mol. The standard InChI is InChI=1S/C33H33F3N4O4/c1-2-25(23-15-8-4-9-16-23)28(31(43)40-20-12-19-27(40)30(42)37-24-17-10-5-11-18-24)39-29(41)26(38-32(44)33(34,35)36)21-22-13-6-3-7-14-22/h2-11,13-18,25-28H,1,12,19-21H2,(H,37,42)(H,38,44)(H,39,41)/t25?,26-,27-,28+/m0/s1. The van der Waals surface area contributed by atoms with Crippen molar-refractivity contribution in [1.29, 1.82) is 0 Å². The Hall–Kier alpha value is -4.93. The Labute approximate surface area is 253 Å². The Morgan fingerprint density at radius 3 is 2.07 bits per heavy atom. The van der Waals surface area contributed by atoms with Crippen molar-refractivity contribution in [3.8, 4) is 0 Å². The SMILES string of the molecule is C=CC(c1ccccc1)[C@@H](NC(=O)[C@H](Cc1ccccc1)NC(=O)C(F)(F)F)C(=O)N1CCC[C@H]1C(=O)Nc1ccccc1. The molecule has 3 aromatic carbocycles. The van der Waals surface area contributed by atoms with Gasteiger partial charge < -0.3 is 20.9 Å². The second-order valence-electron chi connectivity index (χ2n) is 10.4. The quantitative estimate of drug-likeness (QED) is 0.282. The predicted molar refractivity (Wildman–Crippen MR) is 159 cm³/mol. The summed E-state index contributed by atoms with van der Waals surface area (Å²) in [6.07, 6.45) is -3.11. The third-order valence-electron chi connectivity index (χ3n) is 7.40. The number of carbonyl (C=O) groups is 4. The zero-order valence-electron chi connectivity index (χ0n) is 23.8. The summed E-state index contributed by atoms with van der Waals surface area (Å²) < 4.78 is 39.7. The molecule has 0 bridgehead atoms. The first-order valence-corrected chi connectivity index (χ1v) is 14.1. The minimum absolute atomic E-state index is 0.231. The molecule has 1 aliphatic heterocycles. The maximum atomic E-state index is 14.2. The lowest BCUT2D eigenvalue weighted by Crippen LogP contribution is -2.59. The van der Waals surface area contributed by atoms with Gasteiger partial charge in [0.05, 0.1) is 0 Å². The molecule has 1 heterocycles. The van der Waals surface area contributed by atoms with E-state index in [1.165, 1.54) is 11.0 Å². The molecule has 0 radical (unpaired) electrons. The lowest BCUT2D eigenvalue weighted by Gasteiger charge is -2.33. The number of benzene rings is 3. The maximum absolute atomic E-state index is 14.2. The number of rotatable bonds is 11. The number of carbonyl (C=O) groups excluding carboxylic acids is 4. The Kier molecular flexibility index (Phi) is 10.5. The number of nitrogens with one attached hydrogen (secondary N) is 3. The molecule has 0 aromatic heterocycles. The first-order valence-electron chi connectivity index (χ1n) is 14.1. The molecule has 0 spiro atoms. The first kappa shape index (κ1) is 32.0. The van der Waals surface area contributed by atoms with Gasteiger partial charge >= 0.3 is 12.1 Å². The molecule has 4 atom stereocenters. The first-order chi connectivity index (χ1) is 21.1. The highest BCUT2D eigenvalue weighted by molar-refractivity contribution is 5.99. The van der Waals surface area contributed by atoms with Crippen molar-refractivity contribution >= 4 is 29.3 Å². The van der Waals surface area contributed by atoms with Crippen LogP contribution in [0.1, 0.15) is 29.9 Å². The molecule has 230 valence electrons. The summed E-state index contributed by atoms with van der Waals surface area (Å²) in [6, 6.07) is 21.9. The number of hydrogen-bond acceptors (Lipinski definition) is 4. The van der Waals surface area contributed by atoms with Gasteiger partial charge in [-0.1, -0.05) is 84.9 Å². The lowest BCUT2D eigenvalue weighted by atomic mass is 9.89. The second-order valence-corrected chi connectivity index (χ2v) is 10.4. The fourth-order valence-electron chi connectivity index (χ4n) is 5.23. The average Bonchev–Trinajstić information content (AvgIpc) is 3.52. The molecule has 0 aliphatic carbocycles. The highest BCUT2D eigenvalue weighted by Crippen LogP contribution is 2.27. The van der Waals surface area contributed by atoms with Crippen LogP contribution in [0.4, 0.5) is 18.9 Å². The van der Waals surface area contributed by atoms with Gasteiger partial charge in [0.1, 0.15) is 18.1 Å². The number of alkyl halides is 3. The van der Waals surface area contributed by atoms with Crippen LogP contribution in [-0.4, -0.2) is 59.4 Å². The zero-order valence-corrected chi connectivity index (χ0v) is 23.8. The molecular weight excluding hydrogens is 573 g/mol. The number of likely N-dealkylation sites (tertiary alicyclic amines) is 1. The number of amides is 4. The van der Waals surface area contributed by atoms with Crippen LogP contribution in [0.3, 0.4) is 0 Å². The van der Waals surface area contributed by atoms with Crippen LogP contribution in [-0.2, 0) is 25.6 Å². The summed E-state index contributed by atoms with van der Waals surface area (Å²) in [4.78, 5) is 54.4. The summed E-state index contributed by atoms with van der Waals surface area (Å²) >= 11 is 0. The van der Waals surface area contributed by atoms with Crippen molar-refractivity contribution < 1.29 is 32.3 Å². The molecule has 4 amide bonds. The molecule has 1 aliphatic rings. The van der Waals surface area contributed by atoms with Crippen LogP contribution in [0, 0.1) is 0 Å². The Morgan fingerprint density at radius 2 is 1.48 bits per heavy atom. The topological polar surface area (TPSA) is 108 Å². The summed E-state index contributed by atoms with van der Waals surface area (Å²) in [5, 5.41) is 7.20. The normalized spacial score (nSPS) is 16.7. The van der Waals surface area contributed by atoms with E-state index in [0.717, 1.165) is 0 Å². The van der Waals surface area contributed by atoms with Crippen LogP contribution in [0.15, 0.2) is 104 Å². The van der Waals surface area contributed by atoms with Crippen LogP contribution < -0.4 is 16.0 Å². The van der Waals surface area contributed by atoms with Gasteiger partial charge in [0, 0.05) is 24.6 Å². The number of para-hydroxylation sites is 1. The Bertz CT molecular complexity index is 1450. The van der Waals surface area contributed by atoms with Crippen molar-refractivity contribution in [3.63, 3.8) is 0 Å². The van der Waals surface area contributed by atoms with E-state index in [2.05, 4.69) is 17.2 Å². The minimum atomic E-state index is -5.23. The van der Waals surface area contributed by atoms with Crippen LogP contribution in [0.5, 0.6) is 0 Å².